The van der Waals surface area contributed by atoms with E-state index in [-0.39, 0.29) is 12.1 Å². The highest BCUT2D eigenvalue weighted by molar-refractivity contribution is 5.24. The predicted molar refractivity (Wildman–Crippen MR) is 63.5 cm³/mol. The van der Waals surface area contributed by atoms with Crippen molar-refractivity contribution in [1.82, 2.24) is 4.90 Å². The maximum Gasteiger partial charge on any atom is 0.159 e. The summed E-state index contributed by atoms with van der Waals surface area (Å²) in [5, 5.41) is 0. The molecule has 0 amide bonds. The zero-order chi connectivity index (χ0) is 12.6. The van der Waals surface area contributed by atoms with E-state index >= 15 is 0 Å². The molecule has 0 bridgehead atoms. The van der Waals surface area contributed by atoms with E-state index in [2.05, 4.69) is 18.7 Å². The first-order valence-corrected chi connectivity index (χ1v) is 5.97. The van der Waals surface area contributed by atoms with E-state index in [9.17, 15) is 8.78 Å². The third-order valence-corrected chi connectivity index (χ3v) is 3.43. The Hall–Kier alpha value is -1.00. The molecule has 0 radical (unpaired) electrons. The van der Waals surface area contributed by atoms with Crippen LogP contribution < -0.4 is 5.73 Å². The minimum Gasteiger partial charge on any atom is -0.326 e. The van der Waals surface area contributed by atoms with Crippen LogP contribution >= 0.6 is 0 Å². The molecule has 2 rings (SSSR count). The summed E-state index contributed by atoms with van der Waals surface area (Å²) in [6.07, 6.45) is 0.891. The lowest BCUT2D eigenvalue weighted by molar-refractivity contribution is 0.197. The minimum absolute atomic E-state index is 0.00917. The number of benzene rings is 1. The molecule has 1 aliphatic heterocycles. The lowest BCUT2D eigenvalue weighted by Gasteiger charge is -2.30. The minimum atomic E-state index is -0.809. The van der Waals surface area contributed by atoms with E-state index in [0.717, 1.165) is 18.5 Å². The van der Waals surface area contributed by atoms with Crippen molar-refractivity contribution < 1.29 is 8.78 Å². The van der Waals surface area contributed by atoms with Crippen LogP contribution in [-0.4, -0.2) is 23.5 Å². The number of rotatable bonds is 2. The normalized spacial score (nSPS) is 25.8. The Labute approximate surface area is 100 Å². The summed E-state index contributed by atoms with van der Waals surface area (Å²) < 4.78 is 26.2. The molecule has 94 valence electrons. The molecule has 1 aromatic carbocycles. The van der Waals surface area contributed by atoms with Gasteiger partial charge in [-0.15, -0.1) is 0 Å². The molecule has 1 aromatic rings. The van der Waals surface area contributed by atoms with Gasteiger partial charge in [0.2, 0.25) is 0 Å². The maximum absolute atomic E-state index is 13.3. The van der Waals surface area contributed by atoms with Gasteiger partial charge in [0.05, 0.1) is 6.04 Å². The van der Waals surface area contributed by atoms with Crippen molar-refractivity contribution in [2.75, 3.05) is 6.54 Å². The van der Waals surface area contributed by atoms with Gasteiger partial charge in [-0.2, -0.15) is 0 Å². The van der Waals surface area contributed by atoms with Gasteiger partial charge in [0.15, 0.2) is 11.6 Å². The van der Waals surface area contributed by atoms with E-state index in [4.69, 9.17) is 5.73 Å². The quantitative estimate of drug-likeness (QED) is 0.860. The number of nitrogens with two attached hydrogens (primary N) is 1. The van der Waals surface area contributed by atoms with Gasteiger partial charge in [0, 0.05) is 18.6 Å². The number of halogens is 2. The third-order valence-electron chi connectivity index (χ3n) is 3.43. The fourth-order valence-electron chi connectivity index (χ4n) is 2.56. The Morgan fingerprint density at radius 3 is 2.59 bits per heavy atom. The van der Waals surface area contributed by atoms with E-state index in [1.165, 1.54) is 12.1 Å². The number of hydrogen-bond donors (Lipinski definition) is 1. The second-order valence-corrected chi connectivity index (χ2v) is 4.90. The summed E-state index contributed by atoms with van der Waals surface area (Å²) in [5.74, 6) is -1.61. The first kappa shape index (κ1) is 12.5. The Morgan fingerprint density at radius 1 is 1.29 bits per heavy atom. The smallest absolute Gasteiger partial charge is 0.159 e. The maximum atomic E-state index is 13.3. The molecule has 2 nitrogen and oxygen atoms in total. The van der Waals surface area contributed by atoms with Crippen LogP contribution in [0.15, 0.2) is 18.2 Å². The van der Waals surface area contributed by atoms with Crippen molar-refractivity contribution in [3.63, 3.8) is 0 Å². The summed E-state index contributed by atoms with van der Waals surface area (Å²) in [6.45, 7) is 5.08. The summed E-state index contributed by atoms with van der Waals surface area (Å²) in [4.78, 5) is 2.23. The lowest BCUT2D eigenvalue weighted by Crippen LogP contribution is -2.36. The highest BCUT2D eigenvalue weighted by Crippen LogP contribution is 2.33. The molecule has 0 spiro atoms. The molecule has 1 heterocycles. The molecule has 0 saturated carbocycles. The number of nitrogens with zero attached hydrogens (tertiary/aromatic N) is 1. The van der Waals surface area contributed by atoms with Gasteiger partial charge >= 0.3 is 0 Å². The summed E-state index contributed by atoms with van der Waals surface area (Å²) in [5.41, 5.74) is 6.84. The molecule has 1 fully saturated rings. The molecule has 2 N–H and O–H groups in total. The average molecular weight is 240 g/mol. The van der Waals surface area contributed by atoms with E-state index in [1.54, 1.807) is 6.07 Å². The monoisotopic (exact) mass is 240 g/mol. The van der Waals surface area contributed by atoms with Crippen LogP contribution in [0.4, 0.5) is 8.78 Å². The molecule has 0 unspecified atom stereocenters. The van der Waals surface area contributed by atoms with Crippen molar-refractivity contribution in [2.24, 2.45) is 5.73 Å². The van der Waals surface area contributed by atoms with Crippen LogP contribution in [-0.2, 0) is 0 Å². The Kier molecular flexibility index (Phi) is 3.45. The summed E-state index contributed by atoms with van der Waals surface area (Å²) >= 11 is 0. The standard InChI is InChI=1S/C13H18F2N2/c1-8(2)17-6-5-12(16)13(17)9-3-4-10(14)11(15)7-9/h3-4,7-8,12-13H,5-6,16H2,1-2H3/t12-,13+/m0/s1. The fraction of sp³-hybridized carbons (Fsp3) is 0.538. The highest BCUT2D eigenvalue weighted by atomic mass is 19.2. The Balaban J connectivity index is 2.33. The molecule has 0 aromatic heterocycles. The molecule has 2 atom stereocenters. The van der Waals surface area contributed by atoms with Crippen LogP contribution in [0.5, 0.6) is 0 Å². The van der Waals surface area contributed by atoms with Crippen LogP contribution in [0.25, 0.3) is 0 Å². The predicted octanol–water partition coefficient (Wildman–Crippen LogP) is 2.45. The average Bonchev–Trinajstić information content (AvgIpc) is 2.64. The van der Waals surface area contributed by atoms with Crippen molar-refractivity contribution in [2.45, 2.75) is 38.4 Å². The largest absolute Gasteiger partial charge is 0.326 e. The molecule has 17 heavy (non-hydrogen) atoms. The number of hydrogen-bond acceptors (Lipinski definition) is 2. The summed E-state index contributed by atoms with van der Waals surface area (Å²) in [6, 6.07) is 4.40. The van der Waals surface area contributed by atoms with Gasteiger partial charge in [-0.1, -0.05) is 6.07 Å². The second-order valence-electron chi connectivity index (χ2n) is 4.90. The van der Waals surface area contributed by atoms with Crippen LogP contribution in [0.2, 0.25) is 0 Å². The van der Waals surface area contributed by atoms with Crippen molar-refractivity contribution in [3.05, 3.63) is 35.4 Å². The van der Waals surface area contributed by atoms with Gasteiger partial charge in [0.25, 0.3) is 0 Å². The van der Waals surface area contributed by atoms with Crippen molar-refractivity contribution in [1.29, 1.82) is 0 Å². The van der Waals surface area contributed by atoms with E-state index < -0.39 is 11.6 Å². The van der Waals surface area contributed by atoms with Crippen LogP contribution in [0.1, 0.15) is 31.9 Å². The Bertz CT molecular complexity index is 406. The van der Waals surface area contributed by atoms with Gasteiger partial charge in [-0.3, -0.25) is 4.90 Å². The van der Waals surface area contributed by atoms with Gasteiger partial charge in [0.1, 0.15) is 0 Å². The first-order valence-electron chi connectivity index (χ1n) is 5.97. The van der Waals surface area contributed by atoms with Crippen LogP contribution in [0.3, 0.4) is 0 Å². The zero-order valence-corrected chi connectivity index (χ0v) is 10.2. The molecule has 4 heteroatoms. The fourth-order valence-corrected chi connectivity index (χ4v) is 2.56. The summed E-state index contributed by atoms with van der Waals surface area (Å²) in [7, 11) is 0. The van der Waals surface area contributed by atoms with Crippen LogP contribution in [0, 0.1) is 11.6 Å². The second kappa shape index (κ2) is 4.70. The van der Waals surface area contributed by atoms with E-state index in [0.29, 0.717) is 6.04 Å². The SMILES string of the molecule is CC(C)N1CC[C@H](N)[C@H]1c1ccc(F)c(F)c1. The van der Waals surface area contributed by atoms with Crippen molar-refractivity contribution in [3.8, 4) is 0 Å². The molecule has 0 aliphatic carbocycles. The number of likely N-dealkylation sites (tertiary alicyclic amines) is 1. The Morgan fingerprint density at radius 2 is 2.00 bits per heavy atom. The van der Waals surface area contributed by atoms with Gasteiger partial charge in [-0.05, 0) is 38.0 Å². The van der Waals surface area contributed by atoms with Gasteiger partial charge in [-0.25, -0.2) is 8.78 Å². The first-order chi connectivity index (χ1) is 8.00. The highest BCUT2D eigenvalue weighted by Gasteiger charge is 2.34. The van der Waals surface area contributed by atoms with Crippen molar-refractivity contribution >= 4 is 0 Å². The molecular formula is C13H18F2N2. The molecular weight excluding hydrogens is 222 g/mol. The molecule has 1 aliphatic rings. The molecule has 1 saturated heterocycles. The van der Waals surface area contributed by atoms with E-state index in [1.807, 2.05) is 0 Å². The zero-order valence-electron chi connectivity index (χ0n) is 10.2. The van der Waals surface area contributed by atoms with Gasteiger partial charge < -0.3 is 5.73 Å². The topological polar surface area (TPSA) is 29.3 Å². The lowest BCUT2D eigenvalue weighted by atomic mass is 10.00. The third kappa shape index (κ3) is 2.33.